The zero-order chi connectivity index (χ0) is 47.6. The van der Waals surface area contributed by atoms with Gasteiger partial charge in [-0.25, -0.2) is 4.57 Å². The first-order chi connectivity index (χ1) is 31.6. The highest BCUT2D eigenvalue weighted by atomic mass is 31.2. The molecule has 0 saturated carbocycles. The molecule has 2 atom stereocenters. The Labute approximate surface area is 398 Å². The number of rotatable bonds is 44. The van der Waals surface area contributed by atoms with Gasteiger partial charge in [0.2, 0.25) is 0 Å². The lowest BCUT2D eigenvalue weighted by Gasteiger charge is -2.24. The van der Waals surface area contributed by atoms with E-state index in [2.05, 4.69) is 148 Å². The monoisotopic (exact) mass is 923 g/mol. The van der Waals surface area contributed by atoms with Gasteiger partial charge in [-0.1, -0.05) is 173 Å². The first-order valence-corrected chi connectivity index (χ1v) is 26.4. The Balaban J connectivity index is 4.30. The molecule has 0 amide bonds. The molecular formula is C56H93NO7P+. The minimum atomic E-state index is -4.31. The van der Waals surface area contributed by atoms with Crippen LogP contribution in [0.3, 0.4) is 0 Å². The first kappa shape index (κ1) is 61.6. The van der Waals surface area contributed by atoms with Crippen molar-refractivity contribution >= 4 is 13.8 Å². The molecule has 0 fully saturated rings. The van der Waals surface area contributed by atoms with Gasteiger partial charge in [0.1, 0.15) is 19.3 Å². The molecule has 0 aromatic heterocycles. The zero-order valence-corrected chi connectivity index (χ0v) is 42.6. The Morgan fingerprint density at radius 1 is 0.477 bits per heavy atom. The molecule has 0 aromatic carbocycles. The summed E-state index contributed by atoms with van der Waals surface area (Å²) in [5.41, 5.74) is 0. The average molecular weight is 923 g/mol. The maximum atomic E-state index is 12.7. The second kappa shape index (κ2) is 47.1. The van der Waals surface area contributed by atoms with Gasteiger partial charge in [0.25, 0.3) is 0 Å². The third-order valence-electron chi connectivity index (χ3n) is 9.71. The highest BCUT2D eigenvalue weighted by Gasteiger charge is 2.26. The van der Waals surface area contributed by atoms with Gasteiger partial charge < -0.3 is 18.9 Å². The topological polar surface area (TPSA) is 91.3 Å². The van der Waals surface area contributed by atoms with E-state index in [1.165, 1.54) is 0 Å². The van der Waals surface area contributed by atoms with E-state index in [4.69, 9.17) is 18.5 Å². The number of unbranched alkanes of at least 4 members (excludes halogenated alkanes) is 8. The van der Waals surface area contributed by atoms with Crippen LogP contribution in [0.1, 0.15) is 155 Å². The summed E-state index contributed by atoms with van der Waals surface area (Å²) in [6, 6.07) is 0. The van der Waals surface area contributed by atoms with E-state index < -0.39 is 13.9 Å². The lowest BCUT2D eigenvalue weighted by atomic mass is 10.1. The van der Waals surface area contributed by atoms with E-state index in [1.807, 2.05) is 21.1 Å². The molecule has 0 aliphatic rings. The Hall–Kier alpha value is -3.36. The van der Waals surface area contributed by atoms with Crippen molar-refractivity contribution in [2.45, 2.75) is 161 Å². The molecule has 368 valence electrons. The number of allylic oxidation sites excluding steroid dienone is 22. The van der Waals surface area contributed by atoms with Crippen molar-refractivity contribution in [3.8, 4) is 0 Å². The van der Waals surface area contributed by atoms with Crippen molar-refractivity contribution in [2.75, 3.05) is 54.1 Å². The van der Waals surface area contributed by atoms with E-state index >= 15 is 0 Å². The Bertz CT molecular complexity index is 1490. The van der Waals surface area contributed by atoms with Gasteiger partial charge in [0.05, 0.1) is 34.4 Å². The third kappa shape index (κ3) is 51.5. The number of carbonyl (C=O) groups excluding carboxylic acids is 1. The largest absolute Gasteiger partial charge is 0.472 e. The van der Waals surface area contributed by atoms with Gasteiger partial charge in [-0.3, -0.25) is 13.8 Å². The molecule has 0 spiro atoms. The fourth-order valence-electron chi connectivity index (χ4n) is 5.93. The van der Waals surface area contributed by atoms with Crippen LogP contribution in [0.5, 0.6) is 0 Å². The number of phosphoric acid groups is 1. The van der Waals surface area contributed by atoms with Crippen LogP contribution in [0, 0.1) is 0 Å². The van der Waals surface area contributed by atoms with Crippen LogP contribution in [0.25, 0.3) is 0 Å². The maximum absolute atomic E-state index is 12.7. The fraction of sp³-hybridized carbons (Fsp3) is 0.589. The normalized spacial score (nSPS) is 14.7. The van der Waals surface area contributed by atoms with Crippen LogP contribution in [0.4, 0.5) is 0 Å². The van der Waals surface area contributed by atoms with Gasteiger partial charge in [-0.05, 0) is 109 Å². The summed E-state index contributed by atoms with van der Waals surface area (Å²) in [6.45, 7) is 5.25. The summed E-state index contributed by atoms with van der Waals surface area (Å²) < 4.78 is 35.0. The summed E-state index contributed by atoms with van der Waals surface area (Å²) in [5.74, 6) is -0.353. The average Bonchev–Trinajstić information content (AvgIpc) is 3.27. The van der Waals surface area contributed by atoms with Gasteiger partial charge in [-0.2, -0.15) is 0 Å². The summed E-state index contributed by atoms with van der Waals surface area (Å²) in [7, 11) is 1.61. The number of phosphoric ester groups is 1. The molecule has 65 heavy (non-hydrogen) atoms. The molecule has 9 heteroatoms. The molecule has 2 unspecified atom stereocenters. The molecule has 0 heterocycles. The van der Waals surface area contributed by atoms with Crippen molar-refractivity contribution in [1.82, 2.24) is 0 Å². The summed E-state index contributed by atoms with van der Waals surface area (Å²) in [4.78, 5) is 23.0. The summed E-state index contributed by atoms with van der Waals surface area (Å²) >= 11 is 0. The number of carbonyl (C=O) groups is 1. The van der Waals surface area contributed by atoms with Gasteiger partial charge >= 0.3 is 13.8 Å². The van der Waals surface area contributed by atoms with Crippen LogP contribution in [-0.2, 0) is 27.9 Å². The van der Waals surface area contributed by atoms with Crippen molar-refractivity contribution in [2.24, 2.45) is 0 Å². The molecule has 8 nitrogen and oxygen atoms in total. The number of likely N-dealkylation sites (N-methyl/N-ethyl adjacent to an activating group) is 1. The van der Waals surface area contributed by atoms with Crippen molar-refractivity contribution in [1.29, 1.82) is 0 Å². The number of hydrogen-bond donors (Lipinski definition) is 1. The van der Waals surface area contributed by atoms with E-state index in [0.717, 1.165) is 135 Å². The Morgan fingerprint density at radius 3 is 1.25 bits per heavy atom. The Morgan fingerprint density at radius 2 is 0.846 bits per heavy atom. The van der Waals surface area contributed by atoms with Gasteiger partial charge in [0.15, 0.2) is 0 Å². The van der Waals surface area contributed by atoms with Crippen molar-refractivity contribution in [3.63, 3.8) is 0 Å². The minimum Gasteiger partial charge on any atom is -0.457 e. The van der Waals surface area contributed by atoms with Crippen molar-refractivity contribution < 1.29 is 37.3 Å². The molecule has 0 saturated heterocycles. The second-order valence-corrected chi connectivity index (χ2v) is 18.5. The van der Waals surface area contributed by atoms with E-state index in [9.17, 15) is 14.3 Å². The summed E-state index contributed by atoms with van der Waals surface area (Å²) in [5, 5.41) is 0. The molecule has 0 aliphatic carbocycles. The third-order valence-corrected chi connectivity index (χ3v) is 10.7. The van der Waals surface area contributed by atoms with E-state index in [0.29, 0.717) is 17.6 Å². The number of esters is 1. The van der Waals surface area contributed by atoms with Crippen molar-refractivity contribution in [3.05, 3.63) is 134 Å². The van der Waals surface area contributed by atoms with Crippen LogP contribution in [-0.4, -0.2) is 75.6 Å². The quantitative estimate of drug-likeness (QED) is 0.0214. The van der Waals surface area contributed by atoms with Crippen LogP contribution in [0.2, 0.25) is 0 Å². The first-order valence-electron chi connectivity index (χ1n) is 24.9. The number of quaternary nitrogens is 1. The summed E-state index contributed by atoms with van der Waals surface area (Å²) in [6.07, 6.45) is 69.3. The predicted molar refractivity (Wildman–Crippen MR) is 279 cm³/mol. The molecule has 0 aromatic rings. The van der Waals surface area contributed by atoms with Crippen LogP contribution >= 0.6 is 7.82 Å². The molecular weight excluding hydrogens is 830 g/mol. The van der Waals surface area contributed by atoms with E-state index in [-0.39, 0.29) is 32.2 Å². The lowest BCUT2D eigenvalue weighted by Crippen LogP contribution is -2.37. The molecule has 0 bridgehead atoms. The number of ether oxygens (including phenoxy) is 2. The SMILES string of the molecule is CC/C=C\C/C=C\C/C=C\C/C=C\C/C=C\C/C=C\C/C=C\CCCCCCOCC(COP(=O)(O)OCC[N+](C)(C)C)OC(=O)CCCCCC/C=C\C/C=C\C/C=C\C/C=C\CC. The van der Waals surface area contributed by atoms with E-state index in [1.54, 1.807) is 0 Å². The van der Waals surface area contributed by atoms with Crippen LogP contribution in [0.15, 0.2) is 134 Å². The molecule has 0 radical (unpaired) electrons. The Kier molecular flexibility index (Phi) is 44.7. The highest BCUT2D eigenvalue weighted by Crippen LogP contribution is 2.43. The van der Waals surface area contributed by atoms with Crippen LogP contribution < -0.4 is 0 Å². The highest BCUT2D eigenvalue weighted by molar-refractivity contribution is 7.47. The fourth-order valence-corrected chi connectivity index (χ4v) is 6.68. The standard InChI is InChI=1S/C56H92NO7P/c1-6-8-10-12-14-16-18-20-22-24-25-26-27-28-29-30-31-32-34-36-38-40-42-44-46-48-51-61-53-55(54-63-65(59,60)62-52-50-57(3,4)5)64-56(58)49-47-45-43-41-39-37-35-33-23-21-19-17-15-13-11-9-7-2/h8-11,14-17,20-23,25-26,28-29,31-32,35-38,55H,6-7,12-13,18-19,24,27,30,33-34,39-54H2,1-5H3/p+1/b10-8-,11-9-,16-14-,17-15-,22-20-,23-21-,26-25-,29-28-,32-31-,37-35-,38-36-. The molecule has 0 aliphatic heterocycles. The number of nitrogens with zero attached hydrogens (tertiary/aromatic N) is 1. The smallest absolute Gasteiger partial charge is 0.457 e. The zero-order valence-electron chi connectivity index (χ0n) is 41.7. The predicted octanol–water partition coefficient (Wildman–Crippen LogP) is 15.5. The number of hydrogen-bond acceptors (Lipinski definition) is 6. The maximum Gasteiger partial charge on any atom is 0.472 e. The second-order valence-electron chi connectivity index (χ2n) is 17.1. The minimum absolute atomic E-state index is 0.0692. The lowest BCUT2D eigenvalue weighted by molar-refractivity contribution is -0.870. The molecule has 1 N–H and O–H groups in total. The van der Waals surface area contributed by atoms with Gasteiger partial charge in [0, 0.05) is 13.0 Å². The van der Waals surface area contributed by atoms with Gasteiger partial charge in [-0.15, -0.1) is 0 Å². The molecule has 0 rings (SSSR count).